The fraction of sp³-hybridized carbons (Fsp3) is 0.778. The van der Waals surface area contributed by atoms with Gasteiger partial charge in [0.15, 0.2) is 0 Å². The summed E-state index contributed by atoms with van der Waals surface area (Å²) in [7, 11) is 0. The van der Waals surface area contributed by atoms with Crippen molar-refractivity contribution < 1.29 is 14.0 Å². The van der Waals surface area contributed by atoms with Crippen molar-refractivity contribution in [3.8, 4) is 0 Å². The molecule has 1 heterocycles. The summed E-state index contributed by atoms with van der Waals surface area (Å²) in [6.45, 7) is 1.36. The number of amides is 2. The van der Waals surface area contributed by atoms with Crippen molar-refractivity contribution >= 4 is 11.8 Å². The largest absolute Gasteiger partial charge is 0.345 e. The van der Waals surface area contributed by atoms with Gasteiger partial charge < -0.3 is 10.2 Å². The van der Waals surface area contributed by atoms with E-state index in [-0.39, 0.29) is 24.9 Å². The molecule has 1 unspecified atom stereocenters. The van der Waals surface area contributed by atoms with Crippen LogP contribution in [0.3, 0.4) is 0 Å². The van der Waals surface area contributed by atoms with Crippen molar-refractivity contribution in [1.82, 2.24) is 10.2 Å². The summed E-state index contributed by atoms with van der Waals surface area (Å²) in [5.74, 6) is -0.361. The van der Waals surface area contributed by atoms with Crippen LogP contribution in [-0.2, 0) is 9.59 Å². The molecule has 2 amide bonds. The van der Waals surface area contributed by atoms with Crippen LogP contribution in [-0.4, -0.2) is 42.5 Å². The molecule has 80 valence electrons. The van der Waals surface area contributed by atoms with Crippen LogP contribution in [0.1, 0.15) is 19.8 Å². The Balaban J connectivity index is 2.69. The van der Waals surface area contributed by atoms with E-state index in [1.807, 2.05) is 6.92 Å². The zero-order valence-electron chi connectivity index (χ0n) is 8.25. The highest BCUT2D eigenvalue weighted by atomic mass is 19.1. The Bertz CT molecular complexity index is 209. The Morgan fingerprint density at radius 2 is 2.29 bits per heavy atom. The summed E-state index contributed by atoms with van der Waals surface area (Å²) in [5.41, 5.74) is 0. The lowest BCUT2D eigenvalue weighted by atomic mass is 10.1. The van der Waals surface area contributed by atoms with Crippen LogP contribution in [0.5, 0.6) is 0 Å². The van der Waals surface area contributed by atoms with E-state index < -0.39 is 12.7 Å². The molecule has 4 nitrogen and oxygen atoms in total. The second-order valence-electron chi connectivity index (χ2n) is 3.30. The highest BCUT2D eigenvalue weighted by Gasteiger charge is 2.32. The second-order valence-corrected chi connectivity index (χ2v) is 3.30. The lowest BCUT2D eigenvalue weighted by Gasteiger charge is -2.34. The van der Waals surface area contributed by atoms with E-state index in [0.717, 1.165) is 6.42 Å². The normalized spacial score (nSPS) is 22.4. The molecule has 0 aromatic carbocycles. The number of rotatable bonds is 4. The molecule has 0 aliphatic carbocycles. The first kappa shape index (κ1) is 10.9. The summed E-state index contributed by atoms with van der Waals surface area (Å²) in [4.78, 5) is 24.1. The summed E-state index contributed by atoms with van der Waals surface area (Å²) in [6, 6.07) is -0.475. The molecule has 0 aromatic rings. The first-order valence-corrected chi connectivity index (χ1v) is 4.83. The van der Waals surface area contributed by atoms with Gasteiger partial charge in [-0.15, -0.1) is 0 Å². The number of alkyl halides is 1. The van der Waals surface area contributed by atoms with Gasteiger partial charge in [-0.3, -0.25) is 9.59 Å². The fourth-order valence-corrected chi connectivity index (χ4v) is 1.63. The van der Waals surface area contributed by atoms with Crippen LogP contribution in [0.15, 0.2) is 0 Å². The van der Waals surface area contributed by atoms with Gasteiger partial charge in [-0.2, -0.15) is 0 Å². The van der Waals surface area contributed by atoms with Crippen LogP contribution in [0.25, 0.3) is 0 Å². The quantitative estimate of drug-likeness (QED) is 0.702. The Kier molecular flexibility index (Phi) is 3.85. The van der Waals surface area contributed by atoms with Crippen molar-refractivity contribution in [1.29, 1.82) is 0 Å². The van der Waals surface area contributed by atoms with Gasteiger partial charge in [0, 0.05) is 6.54 Å². The molecule has 1 rings (SSSR count). The minimum absolute atomic E-state index is 0.000945. The molecule has 1 aliphatic rings. The smallest absolute Gasteiger partial charge is 0.243 e. The Hall–Kier alpha value is -1.13. The molecule has 5 heteroatoms. The predicted octanol–water partition coefficient (Wildman–Crippen LogP) is 0.0830. The fourth-order valence-electron chi connectivity index (χ4n) is 1.63. The van der Waals surface area contributed by atoms with E-state index in [4.69, 9.17) is 0 Å². The zero-order chi connectivity index (χ0) is 10.6. The van der Waals surface area contributed by atoms with Gasteiger partial charge in [0.2, 0.25) is 11.8 Å². The average molecular weight is 202 g/mol. The van der Waals surface area contributed by atoms with Crippen LogP contribution in [0.2, 0.25) is 0 Å². The van der Waals surface area contributed by atoms with Crippen LogP contribution in [0.4, 0.5) is 4.39 Å². The van der Waals surface area contributed by atoms with E-state index >= 15 is 0 Å². The molecule has 1 fully saturated rings. The van der Waals surface area contributed by atoms with E-state index in [2.05, 4.69) is 5.32 Å². The van der Waals surface area contributed by atoms with Crippen molar-refractivity contribution in [2.24, 2.45) is 0 Å². The zero-order valence-corrected chi connectivity index (χ0v) is 8.25. The Morgan fingerprint density at radius 1 is 1.57 bits per heavy atom. The highest BCUT2D eigenvalue weighted by molar-refractivity contribution is 5.94. The molecule has 1 atom stereocenters. The average Bonchev–Trinajstić information content (AvgIpc) is 2.17. The van der Waals surface area contributed by atoms with Crippen LogP contribution >= 0.6 is 0 Å². The van der Waals surface area contributed by atoms with E-state index in [1.165, 1.54) is 4.90 Å². The third-order valence-corrected chi connectivity index (χ3v) is 2.30. The van der Waals surface area contributed by atoms with Crippen molar-refractivity contribution in [3.05, 3.63) is 0 Å². The molecule has 1 aliphatic heterocycles. The number of nitrogens with one attached hydrogen (secondary N) is 1. The Labute approximate surface area is 82.5 Å². The number of carbonyl (C=O) groups excluding carboxylic acids is 2. The van der Waals surface area contributed by atoms with Gasteiger partial charge in [-0.05, 0) is 6.42 Å². The molecule has 0 radical (unpaired) electrons. The van der Waals surface area contributed by atoms with Gasteiger partial charge >= 0.3 is 0 Å². The number of hydrogen-bond acceptors (Lipinski definition) is 2. The molecular formula is C9H15FN2O2. The maximum atomic E-state index is 12.2. The first-order chi connectivity index (χ1) is 6.70. The maximum Gasteiger partial charge on any atom is 0.243 e. The van der Waals surface area contributed by atoms with Gasteiger partial charge in [0.1, 0.15) is 12.7 Å². The number of piperazine rings is 1. The summed E-state index contributed by atoms with van der Waals surface area (Å²) in [5, 5.41) is 2.50. The summed E-state index contributed by atoms with van der Waals surface area (Å²) in [6.07, 6.45) is 1.39. The molecule has 14 heavy (non-hydrogen) atoms. The second kappa shape index (κ2) is 4.93. The van der Waals surface area contributed by atoms with Crippen molar-refractivity contribution in [2.75, 3.05) is 19.8 Å². The highest BCUT2D eigenvalue weighted by Crippen LogP contribution is 2.11. The standard InChI is InChI=1S/C9H15FN2O2/c1-2-3-7-9(14)11-6-8(13)12(7)5-4-10/h7H,2-6H2,1H3,(H,11,14). The van der Waals surface area contributed by atoms with Crippen molar-refractivity contribution in [3.63, 3.8) is 0 Å². The van der Waals surface area contributed by atoms with E-state index in [0.29, 0.717) is 6.42 Å². The molecule has 0 saturated carbocycles. The van der Waals surface area contributed by atoms with Gasteiger partial charge in [-0.25, -0.2) is 4.39 Å². The van der Waals surface area contributed by atoms with Gasteiger partial charge in [0.05, 0.1) is 6.54 Å². The lowest BCUT2D eigenvalue weighted by molar-refractivity contribution is -0.146. The SMILES string of the molecule is CCCC1C(=O)NCC(=O)N1CCF. The third kappa shape index (κ3) is 2.21. The first-order valence-electron chi connectivity index (χ1n) is 4.83. The molecule has 1 saturated heterocycles. The maximum absolute atomic E-state index is 12.2. The number of hydrogen-bond donors (Lipinski definition) is 1. The molecule has 0 bridgehead atoms. The van der Waals surface area contributed by atoms with E-state index in [9.17, 15) is 14.0 Å². The molecule has 0 spiro atoms. The summed E-state index contributed by atoms with van der Waals surface area (Å²) >= 11 is 0. The summed E-state index contributed by atoms with van der Waals surface area (Å²) < 4.78 is 12.2. The minimum atomic E-state index is -0.598. The number of nitrogens with zero attached hydrogens (tertiary/aromatic N) is 1. The molecule has 1 N–H and O–H groups in total. The van der Waals surface area contributed by atoms with Crippen molar-refractivity contribution in [2.45, 2.75) is 25.8 Å². The molecular weight excluding hydrogens is 187 g/mol. The van der Waals surface area contributed by atoms with E-state index in [1.54, 1.807) is 0 Å². The van der Waals surface area contributed by atoms with Crippen LogP contribution < -0.4 is 5.32 Å². The predicted molar refractivity (Wildman–Crippen MR) is 49.4 cm³/mol. The van der Waals surface area contributed by atoms with Gasteiger partial charge in [-0.1, -0.05) is 13.3 Å². The number of halogens is 1. The topological polar surface area (TPSA) is 49.4 Å². The minimum Gasteiger partial charge on any atom is -0.345 e. The monoisotopic (exact) mass is 202 g/mol. The van der Waals surface area contributed by atoms with Crippen LogP contribution in [0, 0.1) is 0 Å². The van der Waals surface area contributed by atoms with Gasteiger partial charge in [0.25, 0.3) is 0 Å². The Morgan fingerprint density at radius 3 is 2.86 bits per heavy atom. The third-order valence-electron chi connectivity index (χ3n) is 2.30. The lowest BCUT2D eigenvalue weighted by Crippen LogP contribution is -2.58. The molecule has 0 aromatic heterocycles. The number of carbonyl (C=O) groups is 2.